The van der Waals surface area contributed by atoms with Crippen LogP contribution in [0.4, 0.5) is 23.2 Å². The summed E-state index contributed by atoms with van der Waals surface area (Å²) in [4.78, 5) is 15.7. The second kappa shape index (κ2) is 6.82. The largest absolute Gasteiger partial charge is 0.573 e. The molecular weight excluding hydrogens is 356 g/mol. The molecule has 0 spiro atoms. The van der Waals surface area contributed by atoms with E-state index in [-0.39, 0.29) is 17.1 Å². The zero-order chi connectivity index (χ0) is 18.7. The van der Waals surface area contributed by atoms with Crippen LogP contribution in [0.3, 0.4) is 0 Å². The van der Waals surface area contributed by atoms with Crippen LogP contribution in [0.2, 0.25) is 0 Å². The summed E-state index contributed by atoms with van der Waals surface area (Å²) in [5, 5.41) is 6.41. The maximum Gasteiger partial charge on any atom is 0.573 e. The number of aromatic nitrogens is 3. The number of hydrogen-bond acceptors (Lipinski definition) is 4. The van der Waals surface area contributed by atoms with Crippen molar-refractivity contribution in [2.45, 2.75) is 6.36 Å². The molecule has 10 heteroatoms. The molecule has 1 aromatic carbocycles. The average Bonchev–Trinajstić information content (AvgIpc) is 3.02. The number of para-hydroxylation sites is 1. The summed E-state index contributed by atoms with van der Waals surface area (Å²) in [5.74, 6) is -1.70. The summed E-state index contributed by atoms with van der Waals surface area (Å²) in [6, 6.07) is 7.99. The van der Waals surface area contributed by atoms with Gasteiger partial charge in [-0.2, -0.15) is 5.10 Å². The van der Waals surface area contributed by atoms with Crippen molar-refractivity contribution in [2.75, 3.05) is 5.32 Å². The first-order chi connectivity index (χ1) is 12.3. The first-order valence-corrected chi connectivity index (χ1v) is 7.14. The predicted octanol–water partition coefficient (Wildman–Crippen LogP) is 3.56. The molecule has 0 saturated carbocycles. The molecule has 3 rings (SSSR count). The quantitative estimate of drug-likeness (QED) is 0.717. The molecule has 6 nitrogen and oxygen atoms in total. The maximum atomic E-state index is 13.7. The van der Waals surface area contributed by atoms with E-state index in [0.29, 0.717) is 0 Å². The number of anilines is 1. The van der Waals surface area contributed by atoms with Crippen LogP contribution in [0.15, 0.2) is 55.0 Å². The van der Waals surface area contributed by atoms with Crippen molar-refractivity contribution >= 4 is 11.6 Å². The highest BCUT2D eigenvalue weighted by atomic mass is 19.4. The van der Waals surface area contributed by atoms with E-state index in [2.05, 4.69) is 20.1 Å². The molecule has 0 aliphatic carbocycles. The first kappa shape index (κ1) is 17.4. The van der Waals surface area contributed by atoms with Crippen LogP contribution in [-0.2, 0) is 0 Å². The molecule has 0 bridgehead atoms. The van der Waals surface area contributed by atoms with E-state index in [0.717, 1.165) is 18.3 Å². The summed E-state index contributed by atoms with van der Waals surface area (Å²) in [7, 11) is 0. The number of halogens is 4. The average molecular weight is 366 g/mol. The Morgan fingerprint density at radius 3 is 2.54 bits per heavy atom. The highest BCUT2D eigenvalue weighted by Gasteiger charge is 2.31. The molecule has 0 aliphatic heterocycles. The molecule has 0 atom stereocenters. The summed E-state index contributed by atoms with van der Waals surface area (Å²) in [5.41, 5.74) is 0.327. The molecule has 2 aromatic heterocycles. The summed E-state index contributed by atoms with van der Waals surface area (Å²) in [6.07, 6.45) is -1.37. The monoisotopic (exact) mass is 366 g/mol. The van der Waals surface area contributed by atoms with E-state index >= 15 is 0 Å². The van der Waals surface area contributed by atoms with E-state index in [1.54, 1.807) is 6.07 Å². The van der Waals surface area contributed by atoms with Gasteiger partial charge in [-0.3, -0.25) is 4.79 Å². The fourth-order valence-corrected chi connectivity index (χ4v) is 2.06. The van der Waals surface area contributed by atoms with Crippen molar-refractivity contribution < 1.29 is 27.1 Å². The van der Waals surface area contributed by atoms with E-state index in [1.165, 1.54) is 35.3 Å². The number of nitrogens with one attached hydrogen (secondary N) is 1. The van der Waals surface area contributed by atoms with Gasteiger partial charge in [0.25, 0.3) is 5.91 Å². The summed E-state index contributed by atoms with van der Waals surface area (Å²) >= 11 is 0. The third kappa shape index (κ3) is 4.15. The van der Waals surface area contributed by atoms with Crippen LogP contribution in [0, 0.1) is 5.82 Å². The van der Waals surface area contributed by atoms with E-state index in [1.807, 2.05) is 0 Å². The van der Waals surface area contributed by atoms with Crippen LogP contribution in [0.5, 0.6) is 5.75 Å². The molecule has 1 N–H and O–H groups in total. The van der Waals surface area contributed by atoms with Crippen molar-refractivity contribution in [3.8, 4) is 11.4 Å². The van der Waals surface area contributed by atoms with Gasteiger partial charge in [0.05, 0.1) is 24.3 Å². The van der Waals surface area contributed by atoms with Crippen LogP contribution in [-0.4, -0.2) is 27.0 Å². The Bertz CT molecular complexity index is 922. The van der Waals surface area contributed by atoms with Crippen LogP contribution in [0.25, 0.3) is 5.69 Å². The Hall–Kier alpha value is -3.43. The first-order valence-electron chi connectivity index (χ1n) is 7.14. The number of amides is 1. The van der Waals surface area contributed by atoms with E-state index < -0.39 is 23.8 Å². The second-order valence-electron chi connectivity index (χ2n) is 5.01. The highest BCUT2D eigenvalue weighted by molar-refractivity contribution is 6.02. The lowest BCUT2D eigenvalue weighted by molar-refractivity contribution is -0.274. The van der Waals surface area contributed by atoms with Gasteiger partial charge in [0, 0.05) is 0 Å². The standard InChI is InChI=1S/C16H10F4N4O2/c17-12-3-1-2-4-14(12)24-9-10(7-22-24)23-15(25)13-6-5-11(8-21-13)26-16(18,19)20/h1-9H,(H,23,25). The Kier molecular flexibility index (Phi) is 4.57. The van der Waals surface area contributed by atoms with Crippen molar-refractivity contribution in [3.05, 3.63) is 66.5 Å². The van der Waals surface area contributed by atoms with Crippen LogP contribution in [0.1, 0.15) is 10.5 Å². The number of rotatable bonds is 4. The predicted molar refractivity (Wildman–Crippen MR) is 82.4 cm³/mol. The minimum atomic E-state index is -4.84. The van der Waals surface area contributed by atoms with Crippen molar-refractivity contribution in [1.82, 2.24) is 14.8 Å². The Balaban J connectivity index is 1.70. The molecule has 2 heterocycles. The molecule has 0 unspecified atom stereocenters. The Labute approximate surface area is 144 Å². The molecule has 0 aliphatic rings. The number of nitrogens with zero attached hydrogens (tertiary/aromatic N) is 3. The number of hydrogen-bond donors (Lipinski definition) is 1. The van der Waals surface area contributed by atoms with Crippen LogP contribution < -0.4 is 10.1 Å². The molecule has 0 radical (unpaired) electrons. The van der Waals surface area contributed by atoms with Crippen molar-refractivity contribution in [1.29, 1.82) is 0 Å². The fraction of sp³-hybridized carbons (Fsp3) is 0.0625. The zero-order valence-corrected chi connectivity index (χ0v) is 12.9. The minimum Gasteiger partial charge on any atom is -0.404 e. The smallest absolute Gasteiger partial charge is 0.404 e. The molecular formula is C16H10F4N4O2. The molecule has 3 aromatic rings. The van der Waals surface area contributed by atoms with Gasteiger partial charge in [-0.1, -0.05) is 12.1 Å². The SMILES string of the molecule is O=C(Nc1cnn(-c2ccccc2F)c1)c1ccc(OC(F)(F)F)cn1. The molecule has 134 valence electrons. The molecule has 0 saturated heterocycles. The van der Waals surface area contributed by atoms with Gasteiger partial charge in [-0.25, -0.2) is 14.1 Å². The lowest BCUT2D eigenvalue weighted by Gasteiger charge is -2.08. The van der Waals surface area contributed by atoms with Gasteiger partial charge in [0.15, 0.2) is 0 Å². The van der Waals surface area contributed by atoms with E-state index in [4.69, 9.17) is 0 Å². The molecule has 26 heavy (non-hydrogen) atoms. The van der Waals surface area contributed by atoms with Crippen molar-refractivity contribution in [3.63, 3.8) is 0 Å². The fourth-order valence-electron chi connectivity index (χ4n) is 2.06. The lowest BCUT2D eigenvalue weighted by atomic mass is 10.3. The van der Waals surface area contributed by atoms with Crippen molar-refractivity contribution in [2.24, 2.45) is 0 Å². The number of ether oxygens (including phenoxy) is 1. The molecule has 1 amide bonds. The van der Waals surface area contributed by atoms with Gasteiger partial charge in [0.2, 0.25) is 0 Å². The van der Waals surface area contributed by atoms with Gasteiger partial charge in [0.1, 0.15) is 22.9 Å². The molecule has 0 fully saturated rings. The van der Waals surface area contributed by atoms with Gasteiger partial charge in [-0.05, 0) is 24.3 Å². The third-order valence-electron chi connectivity index (χ3n) is 3.14. The Morgan fingerprint density at radius 2 is 1.88 bits per heavy atom. The summed E-state index contributed by atoms with van der Waals surface area (Å²) < 4.78 is 54.9. The number of carbonyl (C=O) groups excluding carboxylic acids is 1. The Morgan fingerprint density at radius 1 is 1.12 bits per heavy atom. The second-order valence-corrected chi connectivity index (χ2v) is 5.01. The lowest BCUT2D eigenvalue weighted by Crippen LogP contribution is -2.18. The summed E-state index contributed by atoms with van der Waals surface area (Å²) in [6.45, 7) is 0. The highest BCUT2D eigenvalue weighted by Crippen LogP contribution is 2.22. The number of carbonyl (C=O) groups is 1. The van der Waals surface area contributed by atoms with E-state index in [9.17, 15) is 22.4 Å². The van der Waals surface area contributed by atoms with Gasteiger partial charge in [-0.15, -0.1) is 13.2 Å². The number of alkyl halides is 3. The third-order valence-corrected chi connectivity index (χ3v) is 3.14. The number of pyridine rings is 1. The minimum absolute atomic E-state index is 0.127. The normalized spacial score (nSPS) is 11.2. The number of benzene rings is 1. The zero-order valence-electron chi connectivity index (χ0n) is 12.9. The topological polar surface area (TPSA) is 69.0 Å². The van der Waals surface area contributed by atoms with Crippen LogP contribution >= 0.6 is 0 Å². The van der Waals surface area contributed by atoms with Gasteiger partial charge < -0.3 is 10.1 Å². The maximum absolute atomic E-state index is 13.7. The van der Waals surface area contributed by atoms with Gasteiger partial charge >= 0.3 is 6.36 Å².